The maximum Gasteiger partial charge on any atom is 0.170 e. The minimum Gasteiger partial charge on any atom is -0.396 e. The van der Waals surface area contributed by atoms with Crippen molar-refractivity contribution in [2.24, 2.45) is 0 Å². The number of hydrogen-bond donors (Lipinski definition) is 3. The minimum absolute atomic E-state index is 0.181. The fraction of sp³-hybridized carbons (Fsp3) is 0.417. The molecule has 3 nitrogen and oxygen atoms in total. The van der Waals surface area contributed by atoms with E-state index in [0.717, 1.165) is 12.1 Å². The lowest BCUT2D eigenvalue weighted by atomic mass is 10.1. The fourth-order valence-electron chi connectivity index (χ4n) is 1.28. The lowest BCUT2D eigenvalue weighted by molar-refractivity contribution is 0.289. The highest BCUT2D eigenvalue weighted by molar-refractivity contribution is 7.80. The third kappa shape index (κ3) is 4.59. The lowest BCUT2D eigenvalue weighted by Crippen LogP contribution is -2.29. The van der Waals surface area contributed by atoms with Gasteiger partial charge in [0.15, 0.2) is 5.11 Å². The highest BCUT2D eigenvalue weighted by atomic mass is 32.1. The molecule has 0 atom stereocenters. The third-order valence-corrected chi connectivity index (χ3v) is 2.49. The molecule has 1 rings (SSSR count). The van der Waals surface area contributed by atoms with Crippen molar-refractivity contribution in [1.82, 2.24) is 5.32 Å². The second kappa shape index (κ2) is 7.19. The number of anilines is 1. The Morgan fingerprint density at radius 2 is 2.00 bits per heavy atom. The predicted octanol–water partition coefficient (Wildman–Crippen LogP) is 1.92. The van der Waals surface area contributed by atoms with Gasteiger partial charge in [0.25, 0.3) is 0 Å². The summed E-state index contributed by atoms with van der Waals surface area (Å²) in [7, 11) is 0. The summed E-state index contributed by atoms with van der Waals surface area (Å²) in [5.41, 5.74) is 2.29. The van der Waals surface area contributed by atoms with Crippen LogP contribution in [0.1, 0.15) is 18.9 Å². The Hall–Kier alpha value is -1.13. The average molecular weight is 238 g/mol. The lowest BCUT2D eigenvalue weighted by Gasteiger charge is -2.10. The van der Waals surface area contributed by atoms with Crippen LogP contribution in [0.3, 0.4) is 0 Å². The number of aliphatic hydroxyl groups is 1. The monoisotopic (exact) mass is 238 g/mol. The first-order chi connectivity index (χ1) is 7.76. The molecule has 3 N–H and O–H groups in total. The predicted molar refractivity (Wildman–Crippen MR) is 71.7 cm³/mol. The molecule has 0 unspecified atom stereocenters. The summed E-state index contributed by atoms with van der Waals surface area (Å²) in [6.45, 7) is 3.00. The molecule has 0 saturated heterocycles. The van der Waals surface area contributed by atoms with Crippen molar-refractivity contribution < 1.29 is 5.11 Å². The molecule has 0 bridgehead atoms. The maximum absolute atomic E-state index is 8.62. The third-order valence-electron chi connectivity index (χ3n) is 2.24. The zero-order valence-corrected chi connectivity index (χ0v) is 10.3. The van der Waals surface area contributed by atoms with Gasteiger partial charge in [0.2, 0.25) is 0 Å². The van der Waals surface area contributed by atoms with Crippen LogP contribution in [0.25, 0.3) is 0 Å². The number of rotatable bonds is 5. The standard InChI is InChI=1S/C12H18N2OS/c1-2-10-4-6-11(7-5-10)14-12(16)13-8-3-9-15/h4-7,15H,2-3,8-9H2,1H3,(H2,13,14,16). The molecular formula is C12H18N2OS. The zero-order valence-electron chi connectivity index (χ0n) is 9.49. The molecule has 0 heterocycles. The summed E-state index contributed by atoms with van der Waals surface area (Å²) in [6, 6.07) is 8.19. The van der Waals surface area contributed by atoms with Crippen molar-refractivity contribution in [3.05, 3.63) is 29.8 Å². The molecular weight excluding hydrogens is 220 g/mol. The molecule has 1 aromatic rings. The minimum atomic E-state index is 0.181. The summed E-state index contributed by atoms with van der Waals surface area (Å²) in [6.07, 6.45) is 1.75. The molecule has 0 aliphatic carbocycles. The number of aliphatic hydroxyl groups excluding tert-OH is 1. The summed E-state index contributed by atoms with van der Waals surface area (Å²) < 4.78 is 0. The second-order valence-electron chi connectivity index (χ2n) is 3.51. The van der Waals surface area contributed by atoms with Crippen LogP contribution in [0.2, 0.25) is 0 Å². The summed E-state index contributed by atoms with van der Waals surface area (Å²) in [5, 5.41) is 15.3. The Bertz CT molecular complexity index is 324. The molecule has 1 aromatic carbocycles. The highest BCUT2D eigenvalue weighted by Gasteiger charge is 1.96. The van der Waals surface area contributed by atoms with Gasteiger partial charge in [-0.2, -0.15) is 0 Å². The van der Waals surface area contributed by atoms with Gasteiger partial charge in [-0.15, -0.1) is 0 Å². The van der Waals surface area contributed by atoms with Crippen LogP contribution in [-0.2, 0) is 6.42 Å². The first-order valence-corrected chi connectivity index (χ1v) is 5.91. The van der Waals surface area contributed by atoms with Crippen molar-refractivity contribution in [1.29, 1.82) is 0 Å². The molecule has 0 aliphatic rings. The number of hydrogen-bond acceptors (Lipinski definition) is 2. The van der Waals surface area contributed by atoms with E-state index in [1.165, 1.54) is 5.56 Å². The van der Waals surface area contributed by atoms with Gasteiger partial charge < -0.3 is 15.7 Å². The number of thiocarbonyl (C=S) groups is 1. The Morgan fingerprint density at radius 1 is 1.31 bits per heavy atom. The topological polar surface area (TPSA) is 44.3 Å². The van der Waals surface area contributed by atoms with Gasteiger partial charge in [0.1, 0.15) is 0 Å². The van der Waals surface area contributed by atoms with Crippen LogP contribution in [0.5, 0.6) is 0 Å². The molecule has 0 spiro atoms. The molecule has 0 amide bonds. The first-order valence-electron chi connectivity index (χ1n) is 5.51. The van der Waals surface area contributed by atoms with Crippen LogP contribution >= 0.6 is 12.2 Å². The molecule has 0 saturated carbocycles. The smallest absolute Gasteiger partial charge is 0.170 e. The summed E-state index contributed by atoms with van der Waals surface area (Å²) in [5.74, 6) is 0. The van der Waals surface area contributed by atoms with E-state index in [-0.39, 0.29) is 6.61 Å². The second-order valence-corrected chi connectivity index (χ2v) is 3.92. The van der Waals surface area contributed by atoms with E-state index in [1.54, 1.807) is 0 Å². The number of nitrogens with one attached hydrogen (secondary N) is 2. The van der Waals surface area contributed by atoms with Gasteiger partial charge in [-0.3, -0.25) is 0 Å². The molecule has 4 heteroatoms. The Balaban J connectivity index is 2.37. The van der Waals surface area contributed by atoms with Gasteiger partial charge in [0, 0.05) is 18.8 Å². The van der Waals surface area contributed by atoms with E-state index >= 15 is 0 Å². The van der Waals surface area contributed by atoms with Gasteiger partial charge in [-0.1, -0.05) is 19.1 Å². The summed E-state index contributed by atoms with van der Waals surface area (Å²) in [4.78, 5) is 0. The van der Waals surface area contributed by atoms with Crippen molar-refractivity contribution in [2.75, 3.05) is 18.5 Å². The Morgan fingerprint density at radius 3 is 2.56 bits per heavy atom. The van der Waals surface area contributed by atoms with Gasteiger partial charge in [0.05, 0.1) is 0 Å². The van der Waals surface area contributed by atoms with E-state index in [0.29, 0.717) is 18.1 Å². The van der Waals surface area contributed by atoms with E-state index in [4.69, 9.17) is 17.3 Å². The van der Waals surface area contributed by atoms with E-state index in [2.05, 4.69) is 29.7 Å². The van der Waals surface area contributed by atoms with Crippen molar-refractivity contribution >= 4 is 23.0 Å². The SMILES string of the molecule is CCc1ccc(NC(=S)NCCCO)cc1. The highest BCUT2D eigenvalue weighted by Crippen LogP contribution is 2.09. The number of benzene rings is 1. The van der Waals surface area contributed by atoms with Gasteiger partial charge in [-0.05, 0) is 42.8 Å². The first kappa shape index (κ1) is 12.9. The Labute approximate surface area is 102 Å². The van der Waals surface area contributed by atoms with Crippen molar-refractivity contribution in [3.8, 4) is 0 Å². The molecule has 0 fully saturated rings. The molecule has 0 aromatic heterocycles. The van der Waals surface area contributed by atoms with Crippen LogP contribution in [-0.4, -0.2) is 23.4 Å². The molecule has 0 radical (unpaired) electrons. The van der Waals surface area contributed by atoms with Crippen LogP contribution in [0, 0.1) is 0 Å². The molecule has 16 heavy (non-hydrogen) atoms. The Kier molecular flexibility index (Phi) is 5.82. The number of aryl methyl sites for hydroxylation is 1. The van der Waals surface area contributed by atoms with E-state index in [1.807, 2.05) is 12.1 Å². The maximum atomic E-state index is 8.62. The molecule has 88 valence electrons. The van der Waals surface area contributed by atoms with Crippen molar-refractivity contribution in [2.45, 2.75) is 19.8 Å². The van der Waals surface area contributed by atoms with Gasteiger partial charge in [-0.25, -0.2) is 0 Å². The van der Waals surface area contributed by atoms with Crippen molar-refractivity contribution in [3.63, 3.8) is 0 Å². The fourth-order valence-corrected chi connectivity index (χ4v) is 1.50. The normalized spacial score (nSPS) is 9.88. The van der Waals surface area contributed by atoms with E-state index < -0.39 is 0 Å². The molecule has 0 aliphatic heterocycles. The quantitative estimate of drug-likeness (QED) is 0.542. The van der Waals surface area contributed by atoms with E-state index in [9.17, 15) is 0 Å². The summed E-state index contributed by atoms with van der Waals surface area (Å²) >= 11 is 5.11. The zero-order chi connectivity index (χ0) is 11.8. The van der Waals surface area contributed by atoms with Crippen LogP contribution in [0.4, 0.5) is 5.69 Å². The average Bonchev–Trinajstić information content (AvgIpc) is 2.30. The van der Waals surface area contributed by atoms with Crippen LogP contribution in [0.15, 0.2) is 24.3 Å². The largest absolute Gasteiger partial charge is 0.396 e. The van der Waals surface area contributed by atoms with Crippen LogP contribution < -0.4 is 10.6 Å². The van der Waals surface area contributed by atoms with Gasteiger partial charge >= 0.3 is 0 Å².